The van der Waals surface area contributed by atoms with Crippen LogP contribution in [-0.2, 0) is 14.8 Å². The number of hydrogen-bond acceptors (Lipinski definition) is 4. The first-order valence-electron chi connectivity index (χ1n) is 7.76. The molecule has 0 heterocycles. The number of amides is 2. The summed E-state index contributed by atoms with van der Waals surface area (Å²) in [4.78, 5) is 23.1. The highest BCUT2D eigenvalue weighted by molar-refractivity contribution is 7.92. The highest BCUT2D eigenvalue weighted by Crippen LogP contribution is 2.19. The number of hydrogen-bond donors (Lipinski definition) is 3. The number of carbonyl (C=O) groups is 2. The second-order valence-electron chi connectivity index (χ2n) is 5.25. The summed E-state index contributed by atoms with van der Waals surface area (Å²) in [7, 11) is -4.00. The van der Waals surface area contributed by atoms with Gasteiger partial charge in [-0.25, -0.2) is 12.8 Å². The molecule has 26 heavy (non-hydrogen) atoms. The van der Waals surface area contributed by atoms with E-state index in [9.17, 15) is 22.4 Å². The van der Waals surface area contributed by atoms with E-state index in [1.165, 1.54) is 42.5 Å². The molecule has 2 amide bonds. The summed E-state index contributed by atoms with van der Waals surface area (Å²) >= 11 is 0. The van der Waals surface area contributed by atoms with Crippen LogP contribution in [0.1, 0.15) is 17.3 Å². The van der Waals surface area contributed by atoms with Gasteiger partial charge >= 0.3 is 0 Å². The lowest BCUT2D eigenvalue weighted by atomic mass is 10.2. The largest absolute Gasteiger partial charge is 0.355 e. The molecule has 0 aliphatic heterocycles. The Hall–Kier alpha value is -2.94. The average molecular weight is 379 g/mol. The van der Waals surface area contributed by atoms with E-state index in [0.29, 0.717) is 6.54 Å². The fraction of sp³-hybridized carbons (Fsp3) is 0.176. The maximum atomic E-state index is 13.6. The zero-order chi connectivity index (χ0) is 19.2. The Morgan fingerprint density at radius 1 is 1.00 bits per heavy atom. The molecule has 9 heteroatoms. The van der Waals surface area contributed by atoms with Crippen LogP contribution in [0.3, 0.4) is 0 Å². The first-order chi connectivity index (χ1) is 12.3. The topological polar surface area (TPSA) is 104 Å². The lowest BCUT2D eigenvalue weighted by Crippen LogP contribution is -2.36. The van der Waals surface area contributed by atoms with Crippen LogP contribution in [0.4, 0.5) is 10.1 Å². The Labute approximate surface area is 150 Å². The molecular weight excluding hydrogens is 361 g/mol. The van der Waals surface area contributed by atoms with Gasteiger partial charge in [0.1, 0.15) is 5.82 Å². The quantitative estimate of drug-likeness (QED) is 0.678. The van der Waals surface area contributed by atoms with E-state index in [-0.39, 0.29) is 28.6 Å². The van der Waals surface area contributed by atoms with Crippen molar-refractivity contribution in [3.8, 4) is 0 Å². The molecule has 0 fully saturated rings. The van der Waals surface area contributed by atoms with E-state index >= 15 is 0 Å². The molecule has 2 aromatic rings. The van der Waals surface area contributed by atoms with Gasteiger partial charge in [0.2, 0.25) is 5.91 Å². The van der Waals surface area contributed by atoms with E-state index < -0.39 is 21.7 Å². The maximum absolute atomic E-state index is 13.6. The summed E-state index contributed by atoms with van der Waals surface area (Å²) < 4.78 is 40.3. The Kier molecular flexibility index (Phi) is 6.29. The van der Waals surface area contributed by atoms with Gasteiger partial charge in [-0.2, -0.15) is 0 Å². The van der Waals surface area contributed by atoms with Crippen LogP contribution in [0.5, 0.6) is 0 Å². The smallest absolute Gasteiger partial charge is 0.261 e. The Morgan fingerprint density at radius 2 is 1.65 bits per heavy atom. The van der Waals surface area contributed by atoms with E-state index in [1.807, 2.05) is 0 Å². The fourth-order valence-corrected chi connectivity index (χ4v) is 3.12. The molecule has 0 aliphatic rings. The van der Waals surface area contributed by atoms with Gasteiger partial charge in [-0.05, 0) is 43.3 Å². The molecule has 0 saturated carbocycles. The third kappa shape index (κ3) is 5.03. The van der Waals surface area contributed by atoms with Crippen LogP contribution >= 0.6 is 0 Å². The highest BCUT2D eigenvalue weighted by Gasteiger charge is 2.17. The lowest BCUT2D eigenvalue weighted by Gasteiger charge is -2.10. The third-order valence-corrected chi connectivity index (χ3v) is 4.71. The molecule has 0 radical (unpaired) electrons. The number of nitrogens with one attached hydrogen (secondary N) is 3. The van der Waals surface area contributed by atoms with Crippen LogP contribution in [0, 0.1) is 5.82 Å². The van der Waals surface area contributed by atoms with Crippen molar-refractivity contribution in [1.29, 1.82) is 0 Å². The second-order valence-corrected chi connectivity index (χ2v) is 6.93. The van der Waals surface area contributed by atoms with Gasteiger partial charge in [0, 0.05) is 12.1 Å². The minimum absolute atomic E-state index is 0.124. The number of sulfonamides is 1. The van der Waals surface area contributed by atoms with Crippen molar-refractivity contribution < 1.29 is 22.4 Å². The Bertz CT molecular complexity index is 898. The molecule has 2 rings (SSSR count). The molecule has 0 aliphatic carbocycles. The van der Waals surface area contributed by atoms with Crippen molar-refractivity contribution in [3.63, 3.8) is 0 Å². The number of halogens is 1. The molecule has 0 aromatic heterocycles. The molecule has 0 bridgehead atoms. The number of para-hydroxylation sites is 1. The fourth-order valence-electron chi connectivity index (χ4n) is 2.06. The van der Waals surface area contributed by atoms with Gasteiger partial charge in [-0.15, -0.1) is 0 Å². The number of rotatable bonds is 7. The van der Waals surface area contributed by atoms with Crippen molar-refractivity contribution in [2.45, 2.75) is 11.8 Å². The van der Waals surface area contributed by atoms with Crippen LogP contribution in [-0.4, -0.2) is 33.3 Å². The first-order valence-corrected chi connectivity index (χ1v) is 9.24. The van der Waals surface area contributed by atoms with Crippen LogP contribution in [0.15, 0.2) is 53.4 Å². The van der Waals surface area contributed by atoms with Crippen molar-refractivity contribution in [1.82, 2.24) is 10.6 Å². The van der Waals surface area contributed by atoms with Crippen molar-refractivity contribution in [2.24, 2.45) is 0 Å². The zero-order valence-corrected chi connectivity index (χ0v) is 14.8. The van der Waals surface area contributed by atoms with Gasteiger partial charge in [-0.3, -0.25) is 14.3 Å². The molecule has 0 spiro atoms. The first kappa shape index (κ1) is 19.4. The molecule has 3 N–H and O–H groups in total. The summed E-state index contributed by atoms with van der Waals surface area (Å²) in [6, 6.07) is 10.5. The number of benzene rings is 2. The standard InChI is InChI=1S/C17H18FN3O4S/c1-2-19-16(22)11-20-17(23)12-7-9-13(10-8-12)26(24,25)21-15-6-4-3-5-14(15)18/h3-10,21H,2,11H2,1H3,(H,19,22)(H,20,23). The van der Waals surface area contributed by atoms with E-state index in [2.05, 4.69) is 15.4 Å². The van der Waals surface area contributed by atoms with Crippen LogP contribution < -0.4 is 15.4 Å². The Morgan fingerprint density at radius 3 is 2.27 bits per heavy atom. The monoisotopic (exact) mass is 379 g/mol. The molecule has 0 saturated heterocycles. The normalized spacial score (nSPS) is 10.8. The molecule has 7 nitrogen and oxygen atoms in total. The molecule has 0 unspecified atom stereocenters. The van der Waals surface area contributed by atoms with Crippen molar-refractivity contribution >= 4 is 27.5 Å². The summed E-state index contributed by atoms with van der Waals surface area (Å²) in [5, 5.41) is 4.96. The lowest BCUT2D eigenvalue weighted by molar-refractivity contribution is -0.120. The van der Waals surface area contributed by atoms with Gasteiger partial charge in [-0.1, -0.05) is 12.1 Å². The van der Waals surface area contributed by atoms with Crippen LogP contribution in [0.25, 0.3) is 0 Å². The van der Waals surface area contributed by atoms with Gasteiger partial charge in [0.05, 0.1) is 17.1 Å². The summed E-state index contributed by atoms with van der Waals surface area (Å²) in [6.07, 6.45) is 0. The Balaban J connectivity index is 2.07. The molecule has 0 atom stereocenters. The average Bonchev–Trinajstić information content (AvgIpc) is 2.62. The summed E-state index contributed by atoms with van der Waals surface area (Å²) in [5.41, 5.74) is 0.0235. The summed E-state index contributed by atoms with van der Waals surface area (Å²) in [5.74, 6) is -1.53. The molecule has 2 aromatic carbocycles. The summed E-state index contributed by atoms with van der Waals surface area (Å²) in [6.45, 7) is 2.03. The van der Waals surface area contributed by atoms with Crippen LogP contribution in [0.2, 0.25) is 0 Å². The minimum atomic E-state index is -4.00. The molecular formula is C17H18FN3O4S. The van der Waals surface area contributed by atoms with Crippen molar-refractivity contribution in [2.75, 3.05) is 17.8 Å². The second kappa shape index (κ2) is 8.43. The maximum Gasteiger partial charge on any atom is 0.261 e. The number of carbonyl (C=O) groups excluding carboxylic acids is 2. The predicted octanol–water partition coefficient (Wildman–Crippen LogP) is 1.49. The van der Waals surface area contributed by atoms with Crippen molar-refractivity contribution in [3.05, 3.63) is 59.9 Å². The third-order valence-electron chi connectivity index (χ3n) is 3.33. The van der Waals surface area contributed by atoms with Gasteiger partial charge in [0.15, 0.2) is 0 Å². The van der Waals surface area contributed by atoms with E-state index in [0.717, 1.165) is 6.07 Å². The number of anilines is 1. The predicted molar refractivity (Wildman–Crippen MR) is 94.7 cm³/mol. The minimum Gasteiger partial charge on any atom is -0.355 e. The SMILES string of the molecule is CCNC(=O)CNC(=O)c1ccc(S(=O)(=O)Nc2ccccc2F)cc1. The van der Waals surface area contributed by atoms with Gasteiger partial charge < -0.3 is 10.6 Å². The number of likely N-dealkylation sites (N-methyl/N-ethyl adjacent to an activating group) is 1. The van der Waals surface area contributed by atoms with E-state index in [1.54, 1.807) is 6.92 Å². The highest BCUT2D eigenvalue weighted by atomic mass is 32.2. The molecule has 138 valence electrons. The van der Waals surface area contributed by atoms with Gasteiger partial charge in [0.25, 0.3) is 15.9 Å². The van der Waals surface area contributed by atoms with E-state index in [4.69, 9.17) is 0 Å². The zero-order valence-electron chi connectivity index (χ0n) is 14.0.